The van der Waals surface area contributed by atoms with Crippen LogP contribution in [0.25, 0.3) is 22.5 Å². The lowest BCUT2D eigenvalue weighted by Crippen LogP contribution is -2.53. The number of allylic oxidation sites excluding steroid dienone is 1. The van der Waals surface area contributed by atoms with Crippen molar-refractivity contribution in [3.8, 4) is 22.7 Å². The molecular weight excluding hydrogens is 374 g/mol. The van der Waals surface area contributed by atoms with E-state index in [1.54, 1.807) is 31.0 Å². The molecule has 2 aliphatic rings. The quantitative estimate of drug-likeness (QED) is 0.679. The summed E-state index contributed by atoms with van der Waals surface area (Å²) in [4.78, 5) is 13.3. The third-order valence-electron chi connectivity index (χ3n) is 6.76. The molecule has 1 aromatic carbocycles. The number of hydrogen-bond donors (Lipinski definition) is 2. The Morgan fingerprint density at radius 3 is 2.53 bits per heavy atom. The van der Waals surface area contributed by atoms with E-state index in [1.807, 2.05) is 22.9 Å². The Bertz CT molecular complexity index is 1070. The van der Waals surface area contributed by atoms with Gasteiger partial charge in [-0.1, -0.05) is 6.58 Å². The van der Waals surface area contributed by atoms with Gasteiger partial charge in [0, 0.05) is 35.1 Å². The molecular formula is C24H27N5O. The van der Waals surface area contributed by atoms with Crippen LogP contribution in [-0.4, -0.2) is 35.7 Å². The molecule has 154 valence electrons. The molecule has 3 aromatic rings. The maximum absolute atomic E-state index is 10.5. The summed E-state index contributed by atoms with van der Waals surface area (Å²) in [6.45, 7) is 9.02. The maximum Gasteiger partial charge on any atom is 0.127 e. The van der Waals surface area contributed by atoms with Crippen LogP contribution in [0.2, 0.25) is 0 Å². The molecule has 2 saturated heterocycles. The average Bonchev–Trinajstić information content (AvgIpc) is 3.33. The number of piperidine rings is 1. The summed E-state index contributed by atoms with van der Waals surface area (Å²) in [7, 11) is 0. The van der Waals surface area contributed by atoms with Crippen molar-refractivity contribution in [2.24, 2.45) is 5.92 Å². The van der Waals surface area contributed by atoms with E-state index in [4.69, 9.17) is 0 Å². The molecule has 0 saturated carbocycles. The smallest absolute Gasteiger partial charge is 0.127 e. The summed E-state index contributed by atoms with van der Waals surface area (Å²) in [5, 5.41) is 14.3. The van der Waals surface area contributed by atoms with Crippen molar-refractivity contribution in [2.45, 2.75) is 50.6 Å². The van der Waals surface area contributed by atoms with E-state index in [1.165, 1.54) is 12.8 Å². The molecule has 2 aromatic heterocycles. The molecule has 2 fully saturated rings. The molecule has 2 N–H and O–H groups in total. The number of fused-ring (bicyclic) bond motifs is 2. The second-order valence-electron chi connectivity index (χ2n) is 9.34. The van der Waals surface area contributed by atoms with Crippen LogP contribution >= 0.6 is 0 Å². The first-order valence-electron chi connectivity index (χ1n) is 10.5. The van der Waals surface area contributed by atoms with Crippen LogP contribution < -0.4 is 5.32 Å². The van der Waals surface area contributed by atoms with Crippen molar-refractivity contribution in [3.05, 3.63) is 61.6 Å². The zero-order valence-corrected chi connectivity index (χ0v) is 17.5. The van der Waals surface area contributed by atoms with E-state index in [2.05, 4.69) is 40.7 Å². The molecule has 0 spiro atoms. The van der Waals surface area contributed by atoms with Gasteiger partial charge in [-0.15, -0.1) is 0 Å². The number of aromatic nitrogens is 4. The van der Waals surface area contributed by atoms with Gasteiger partial charge in [0.05, 0.1) is 35.8 Å². The number of nitrogens with one attached hydrogen (secondary N) is 1. The lowest BCUT2D eigenvalue weighted by molar-refractivity contribution is 0.201. The predicted molar refractivity (Wildman–Crippen MR) is 117 cm³/mol. The molecule has 2 aliphatic heterocycles. The summed E-state index contributed by atoms with van der Waals surface area (Å²) in [5.74, 6) is 0.574. The zero-order chi connectivity index (χ0) is 20.9. The van der Waals surface area contributed by atoms with Crippen LogP contribution in [0.4, 0.5) is 0 Å². The fourth-order valence-electron chi connectivity index (χ4n) is 5.27. The molecule has 0 amide bonds. The van der Waals surface area contributed by atoms with Gasteiger partial charge in [-0.2, -0.15) is 0 Å². The van der Waals surface area contributed by atoms with Crippen molar-refractivity contribution >= 4 is 5.57 Å². The number of hydrogen-bond acceptors (Lipinski definition) is 5. The van der Waals surface area contributed by atoms with Crippen LogP contribution in [0.3, 0.4) is 0 Å². The van der Waals surface area contributed by atoms with E-state index in [0.717, 1.165) is 29.8 Å². The number of benzene rings is 1. The minimum Gasteiger partial charge on any atom is -0.507 e. The number of phenolic OH excluding ortho intramolecular Hbond substituents is 1. The highest BCUT2D eigenvalue weighted by Crippen LogP contribution is 2.48. The lowest BCUT2D eigenvalue weighted by atomic mass is 9.76. The van der Waals surface area contributed by atoms with Crippen molar-refractivity contribution in [1.29, 1.82) is 0 Å². The minimum absolute atomic E-state index is 0.165. The van der Waals surface area contributed by atoms with Crippen molar-refractivity contribution in [1.82, 2.24) is 24.8 Å². The molecule has 0 unspecified atom stereocenters. The van der Waals surface area contributed by atoms with E-state index in [0.29, 0.717) is 17.2 Å². The first-order chi connectivity index (χ1) is 14.3. The van der Waals surface area contributed by atoms with Gasteiger partial charge >= 0.3 is 0 Å². The van der Waals surface area contributed by atoms with E-state index >= 15 is 0 Å². The maximum atomic E-state index is 10.5. The van der Waals surface area contributed by atoms with Crippen molar-refractivity contribution < 1.29 is 5.11 Å². The zero-order valence-electron chi connectivity index (χ0n) is 17.5. The molecule has 30 heavy (non-hydrogen) atoms. The molecule has 5 rings (SSSR count). The normalized spacial score (nSPS) is 27.9. The molecule has 4 heterocycles. The number of imidazole rings is 1. The van der Waals surface area contributed by atoms with Crippen LogP contribution in [0.15, 0.2) is 55.9 Å². The Morgan fingerprint density at radius 2 is 1.93 bits per heavy atom. The molecule has 0 aliphatic carbocycles. The molecule has 3 atom stereocenters. The average molecular weight is 402 g/mol. The summed E-state index contributed by atoms with van der Waals surface area (Å²) in [6.07, 6.45) is 13.4. The number of nitrogens with zero attached hydrogens (tertiary/aromatic N) is 4. The number of rotatable bonds is 4. The summed E-state index contributed by atoms with van der Waals surface area (Å²) in [6, 6.07) is 5.49. The van der Waals surface area contributed by atoms with Crippen LogP contribution in [0.5, 0.6) is 5.75 Å². The largest absolute Gasteiger partial charge is 0.507 e. The van der Waals surface area contributed by atoms with Crippen LogP contribution in [0.1, 0.15) is 45.2 Å². The van der Waals surface area contributed by atoms with Gasteiger partial charge in [0.1, 0.15) is 5.75 Å². The van der Waals surface area contributed by atoms with Crippen molar-refractivity contribution in [2.75, 3.05) is 0 Å². The van der Waals surface area contributed by atoms with Gasteiger partial charge in [0.2, 0.25) is 0 Å². The van der Waals surface area contributed by atoms with Gasteiger partial charge in [-0.05, 0) is 63.2 Å². The third-order valence-corrected chi connectivity index (χ3v) is 6.76. The summed E-state index contributed by atoms with van der Waals surface area (Å²) < 4.78 is 1.84. The second-order valence-corrected chi connectivity index (χ2v) is 9.34. The van der Waals surface area contributed by atoms with Gasteiger partial charge in [0.15, 0.2) is 0 Å². The number of phenols is 1. The molecule has 2 bridgehead atoms. The van der Waals surface area contributed by atoms with Crippen LogP contribution in [0, 0.1) is 5.92 Å². The summed E-state index contributed by atoms with van der Waals surface area (Å²) in [5.41, 5.74) is 4.43. The topological polar surface area (TPSA) is 75.9 Å². The fraction of sp³-hybridized carbons (Fsp3) is 0.375. The standard InChI is InChI=1S/C24H27N5O/c1-16(17-11-23(2)6-7-24(3,12-17)28-23)20-13-27-21(14-26-20)19-5-4-18(10-22(19)30)29-9-8-25-15-29/h4-5,8-10,13-15,17,28,30H,1,6-7,11-12H2,2-3H3/t17-,23+,24-. The second kappa shape index (κ2) is 6.77. The minimum atomic E-state index is 0.165. The lowest BCUT2D eigenvalue weighted by Gasteiger charge is -2.42. The van der Waals surface area contributed by atoms with Gasteiger partial charge in [-0.25, -0.2) is 4.98 Å². The van der Waals surface area contributed by atoms with E-state index in [9.17, 15) is 5.11 Å². The first kappa shape index (κ1) is 19.0. The van der Waals surface area contributed by atoms with E-state index in [-0.39, 0.29) is 16.8 Å². The van der Waals surface area contributed by atoms with Gasteiger partial charge < -0.3 is 15.0 Å². The molecule has 6 heteroatoms. The molecule has 6 nitrogen and oxygen atoms in total. The first-order valence-corrected chi connectivity index (χ1v) is 10.5. The van der Waals surface area contributed by atoms with Crippen molar-refractivity contribution in [3.63, 3.8) is 0 Å². The Hall–Kier alpha value is -2.99. The van der Waals surface area contributed by atoms with Gasteiger partial charge in [-0.3, -0.25) is 9.97 Å². The highest BCUT2D eigenvalue weighted by molar-refractivity contribution is 5.69. The fourth-order valence-corrected chi connectivity index (χ4v) is 5.27. The Balaban J connectivity index is 1.36. The highest BCUT2D eigenvalue weighted by atomic mass is 16.3. The Morgan fingerprint density at radius 1 is 1.17 bits per heavy atom. The monoisotopic (exact) mass is 401 g/mol. The highest BCUT2D eigenvalue weighted by Gasteiger charge is 2.49. The van der Waals surface area contributed by atoms with E-state index < -0.39 is 0 Å². The van der Waals surface area contributed by atoms with Gasteiger partial charge in [0.25, 0.3) is 0 Å². The Labute approximate surface area is 176 Å². The predicted octanol–water partition coefficient (Wildman–Crippen LogP) is 4.36. The SMILES string of the molecule is C=C(c1cnc(-c2ccc(-n3ccnc3)cc2O)cn1)[C@@H]1C[C@]2(C)CC[C@](C)(C1)N2. The van der Waals surface area contributed by atoms with Crippen LogP contribution in [-0.2, 0) is 0 Å². The summed E-state index contributed by atoms with van der Waals surface area (Å²) >= 11 is 0. The Kier molecular flexibility index (Phi) is 4.29. The third kappa shape index (κ3) is 3.31. The number of aromatic hydroxyl groups is 1. The molecule has 0 radical (unpaired) electrons.